The lowest BCUT2D eigenvalue weighted by Crippen LogP contribution is -2.34. The van der Waals surface area contributed by atoms with Crippen molar-refractivity contribution in [2.45, 2.75) is 70.9 Å². The highest BCUT2D eigenvalue weighted by molar-refractivity contribution is 6.04. The number of fused-ring (bicyclic) bond motifs is 4. The number of nitrogens with zero attached hydrogens (tertiary/aromatic N) is 2. The van der Waals surface area contributed by atoms with Crippen LogP contribution in [0.3, 0.4) is 0 Å². The third kappa shape index (κ3) is 13.5. The molecule has 0 bridgehead atoms. The first-order chi connectivity index (χ1) is 41.2. The Kier molecular flexibility index (Phi) is 18.8. The summed E-state index contributed by atoms with van der Waals surface area (Å²) in [5, 5.41) is 42.8. The first-order valence-electron chi connectivity index (χ1n) is 29.3. The van der Waals surface area contributed by atoms with Crippen LogP contribution >= 0.6 is 0 Å². The summed E-state index contributed by atoms with van der Waals surface area (Å²) < 4.78 is 21.5. The van der Waals surface area contributed by atoms with Gasteiger partial charge in [-0.3, -0.25) is 19.4 Å². The molecular formula is C71H74N2O12. The highest BCUT2D eigenvalue weighted by Gasteiger charge is 2.36. The zero-order valence-electron chi connectivity index (χ0n) is 48.7. The third-order valence-electron chi connectivity index (χ3n) is 17.6. The van der Waals surface area contributed by atoms with Crippen molar-refractivity contribution >= 4 is 45.0 Å². The highest BCUT2D eigenvalue weighted by Crippen LogP contribution is 2.43. The number of aromatic carboxylic acids is 2. The first-order valence-corrected chi connectivity index (χ1v) is 29.3. The number of Topliss-reactive ketones (excluding diaryl/α,β-unsaturated/α-hetero) is 2. The second-order valence-electron chi connectivity index (χ2n) is 22.9. The van der Waals surface area contributed by atoms with Crippen molar-refractivity contribution < 1.29 is 58.6 Å². The Balaban J connectivity index is 0.000000142. The minimum Gasteiger partial charge on any atom is -0.507 e. The molecule has 12 rings (SSSR count). The van der Waals surface area contributed by atoms with Crippen LogP contribution in [0, 0.1) is 23.7 Å². The summed E-state index contributed by atoms with van der Waals surface area (Å²) in [7, 11) is 6.51. The average Bonchev–Trinajstić information content (AvgIpc) is 2.87. The van der Waals surface area contributed by atoms with E-state index in [0.29, 0.717) is 67.5 Å². The van der Waals surface area contributed by atoms with Gasteiger partial charge in [-0.05, 0) is 170 Å². The zero-order chi connectivity index (χ0) is 59.7. The molecular weight excluding hydrogens is 1070 g/mol. The maximum atomic E-state index is 12.9. The van der Waals surface area contributed by atoms with Crippen molar-refractivity contribution in [2.24, 2.45) is 23.7 Å². The Bertz CT molecular complexity index is 3480. The molecule has 8 aromatic rings. The van der Waals surface area contributed by atoms with E-state index < -0.39 is 23.4 Å². The molecule has 2 unspecified atom stereocenters. The number of rotatable bonds is 16. The van der Waals surface area contributed by atoms with Gasteiger partial charge in [0.2, 0.25) is 0 Å². The van der Waals surface area contributed by atoms with Crippen molar-refractivity contribution in [1.29, 1.82) is 0 Å². The average molecular weight is 1150 g/mol. The summed E-state index contributed by atoms with van der Waals surface area (Å²) >= 11 is 0. The van der Waals surface area contributed by atoms with Gasteiger partial charge in [-0.2, -0.15) is 0 Å². The van der Waals surface area contributed by atoms with Crippen LogP contribution in [-0.4, -0.2) is 108 Å². The number of carbonyl (C=O) groups is 4. The number of piperidine rings is 2. The number of carbonyl (C=O) groups excluding carboxylic acids is 2. The highest BCUT2D eigenvalue weighted by atomic mass is 16.5. The van der Waals surface area contributed by atoms with Crippen LogP contribution in [0.4, 0.5) is 0 Å². The van der Waals surface area contributed by atoms with Crippen LogP contribution < -0.4 is 18.9 Å². The fourth-order valence-corrected chi connectivity index (χ4v) is 13.1. The summed E-state index contributed by atoms with van der Waals surface area (Å²) in [5.41, 5.74) is 6.73. The fraction of sp³-hybridized carbons (Fsp3) is 0.324. The number of hydrogen-bond acceptors (Lipinski definition) is 12. The normalized spacial score (nSPS) is 17.1. The minimum absolute atomic E-state index is 0.0407. The molecule has 0 amide bonds. The minimum atomic E-state index is -1.28. The molecule has 440 valence electrons. The van der Waals surface area contributed by atoms with Crippen LogP contribution in [0.15, 0.2) is 146 Å². The number of hydrogen-bond donors (Lipinski definition) is 4. The predicted octanol–water partition coefficient (Wildman–Crippen LogP) is 13.1. The number of carboxylic acid groups (broad SMARTS) is 2. The van der Waals surface area contributed by atoms with Crippen molar-refractivity contribution in [1.82, 2.24) is 9.80 Å². The maximum absolute atomic E-state index is 12.9. The van der Waals surface area contributed by atoms with Crippen molar-refractivity contribution in [3.63, 3.8) is 0 Å². The van der Waals surface area contributed by atoms with E-state index in [0.717, 1.165) is 87.2 Å². The molecule has 2 fully saturated rings. The Morgan fingerprint density at radius 3 is 1.16 bits per heavy atom. The van der Waals surface area contributed by atoms with E-state index in [1.54, 1.807) is 77.0 Å². The van der Waals surface area contributed by atoms with Gasteiger partial charge >= 0.3 is 11.9 Å². The van der Waals surface area contributed by atoms with Gasteiger partial charge in [0.1, 0.15) is 22.6 Å². The molecule has 0 aromatic heterocycles. The monoisotopic (exact) mass is 1150 g/mol. The van der Waals surface area contributed by atoms with E-state index in [2.05, 4.69) is 70.5 Å². The van der Waals surface area contributed by atoms with Gasteiger partial charge < -0.3 is 39.4 Å². The van der Waals surface area contributed by atoms with Crippen LogP contribution in [-0.2, 0) is 32.4 Å². The quantitative estimate of drug-likeness (QED) is 0.0714. The number of likely N-dealkylation sites (tertiary alicyclic amines) is 2. The van der Waals surface area contributed by atoms with E-state index in [1.807, 2.05) is 24.3 Å². The molecule has 8 aromatic carbocycles. The summed E-state index contributed by atoms with van der Waals surface area (Å²) in [5.74, 6) is 1.41. The van der Waals surface area contributed by atoms with Gasteiger partial charge in [0, 0.05) is 53.6 Å². The maximum Gasteiger partial charge on any atom is 0.339 e. The number of ether oxygens (including phenoxy) is 4. The van der Waals surface area contributed by atoms with E-state index in [1.165, 1.54) is 48.9 Å². The largest absolute Gasteiger partial charge is 0.507 e. The number of benzene rings is 8. The Hall–Kier alpha value is -8.72. The van der Waals surface area contributed by atoms with Gasteiger partial charge in [0.15, 0.2) is 34.6 Å². The summed E-state index contributed by atoms with van der Waals surface area (Å²) in [6, 6.07) is 45.8. The molecule has 0 saturated carbocycles. The van der Waals surface area contributed by atoms with Crippen LogP contribution in [0.25, 0.3) is 21.5 Å². The standard InChI is InChI=1S/2C24H29NO3.C23H16O6/c2*1-27-22-14-19-13-20(24(26)21(19)15-23(22)28-2)12-17-8-10-25(11-9-17)16-18-6-4-3-5-7-18;24-20-16(14-7-3-1-5-12(14)9-18(20)22(26)27)11-17-15-8-4-2-6-13(15)10-19(21(17)25)23(28)29/h2*3-7,14-15,17,20H,8-13,16H2,1-2H3;1-10,24-25H,11H2,(H,26,27)(H,28,29). The number of ketones is 2. The van der Waals surface area contributed by atoms with E-state index >= 15 is 0 Å². The zero-order valence-corrected chi connectivity index (χ0v) is 48.7. The Morgan fingerprint density at radius 1 is 0.471 bits per heavy atom. The van der Waals surface area contributed by atoms with E-state index in [4.69, 9.17) is 18.9 Å². The smallest absolute Gasteiger partial charge is 0.339 e. The Labute approximate surface area is 496 Å². The molecule has 0 spiro atoms. The topological polar surface area (TPSA) is 193 Å². The fourth-order valence-electron chi connectivity index (χ4n) is 13.1. The van der Waals surface area contributed by atoms with Crippen molar-refractivity contribution in [3.05, 3.63) is 201 Å². The molecule has 2 aliphatic heterocycles. The number of methoxy groups -OCH3 is 4. The first kappa shape index (κ1) is 59.4. The lowest BCUT2D eigenvalue weighted by Gasteiger charge is -2.32. The molecule has 4 aliphatic rings. The molecule has 14 heteroatoms. The molecule has 2 aliphatic carbocycles. The molecule has 4 N–H and O–H groups in total. The second kappa shape index (κ2) is 26.9. The predicted molar refractivity (Wildman–Crippen MR) is 328 cm³/mol. The number of aromatic hydroxyl groups is 2. The summed E-state index contributed by atoms with van der Waals surface area (Å²) in [4.78, 5) is 54.2. The number of carboxylic acids is 2. The van der Waals surface area contributed by atoms with Crippen molar-refractivity contribution in [3.8, 4) is 34.5 Å². The molecule has 14 nitrogen and oxygen atoms in total. The van der Waals surface area contributed by atoms with Gasteiger partial charge in [-0.1, -0.05) is 109 Å². The van der Waals surface area contributed by atoms with Crippen LogP contribution in [0.2, 0.25) is 0 Å². The number of phenols is 2. The lowest BCUT2D eigenvalue weighted by molar-refractivity contribution is 0.0682. The van der Waals surface area contributed by atoms with E-state index in [9.17, 15) is 39.6 Å². The second-order valence-corrected chi connectivity index (χ2v) is 22.9. The van der Waals surface area contributed by atoms with Gasteiger partial charge in [-0.15, -0.1) is 0 Å². The molecule has 2 saturated heterocycles. The molecule has 85 heavy (non-hydrogen) atoms. The van der Waals surface area contributed by atoms with Gasteiger partial charge in [0.25, 0.3) is 0 Å². The summed E-state index contributed by atoms with van der Waals surface area (Å²) in [6.07, 6.45) is 8.34. The molecule has 2 heterocycles. The van der Waals surface area contributed by atoms with Gasteiger partial charge in [-0.25, -0.2) is 9.59 Å². The van der Waals surface area contributed by atoms with E-state index in [-0.39, 0.29) is 41.0 Å². The van der Waals surface area contributed by atoms with Crippen LogP contribution in [0.1, 0.15) is 113 Å². The van der Waals surface area contributed by atoms with Crippen LogP contribution in [0.5, 0.6) is 34.5 Å². The third-order valence-corrected chi connectivity index (χ3v) is 17.6. The van der Waals surface area contributed by atoms with Crippen molar-refractivity contribution in [2.75, 3.05) is 54.6 Å². The summed E-state index contributed by atoms with van der Waals surface area (Å²) in [6.45, 7) is 6.54. The van der Waals surface area contributed by atoms with Gasteiger partial charge in [0.05, 0.1) is 28.4 Å². The Morgan fingerprint density at radius 2 is 0.812 bits per heavy atom. The lowest BCUT2D eigenvalue weighted by atomic mass is 9.85. The SMILES string of the molecule is COc1cc2c(cc1OC)C(=O)C(CC1CCN(Cc3ccccc3)CC1)C2.COc1cc2c(cc1OC)C(=O)C(CC1CCN(Cc3ccccc3)CC1)C2.O=C(O)c1cc2ccccc2c(Cc2c(O)c(C(=O)O)cc3ccccc23)c1O. The molecule has 0 radical (unpaired) electrons. The molecule has 2 atom stereocenters.